The van der Waals surface area contributed by atoms with Crippen LogP contribution in [-0.2, 0) is 20.9 Å². The van der Waals surface area contributed by atoms with Gasteiger partial charge in [0.25, 0.3) is 0 Å². The van der Waals surface area contributed by atoms with Crippen LogP contribution in [0, 0.1) is 0 Å². The van der Waals surface area contributed by atoms with Crippen molar-refractivity contribution in [3.05, 3.63) is 28.2 Å². The Bertz CT molecular complexity index is 653. The molecule has 1 aromatic rings. The van der Waals surface area contributed by atoms with Crippen molar-refractivity contribution in [3.8, 4) is 5.75 Å². The average molecular weight is 400 g/mol. The maximum absolute atomic E-state index is 12.4. The maximum Gasteiger partial charge on any atom is 0.330 e. The molecule has 0 aromatic heterocycles. The number of methoxy groups -OCH3 is 1. The summed E-state index contributed by atoms with van der Waals surface area (Å²) < 4.78 is 11.4. The summed E-state index contributed by atoms with van der Waals surface area (Å²) in [6.07, 6.45) is 1.31. The van der Waals surface area contributed by atoms with Crippen LogP contribution in [0.1, 0.15) is 25.3 Å². The quantitative estimate of drug-likeness (QED) is 0.728. The van der Waals surface area contributed by atoms with Gasteiger partial charge in [0.1, 0.15) is 18.4 Å². The molecular weight excluding hydrogens is 382 g/mol. The fourth-order valence-electron chi connectivity index (χ4n) is 3.05. The van der Waals surface area contributed by atoms with Gasteiger partial charge in [-0.3, -0.25) is 4.79 Å². The highest BCUT2D eigenvalue weighted by molar-refractivity contribution is 9.10. The van der Waals surface area contributed by atoms with E-state index in [-0.39, 0.29) is 23.4 Å². The molecule has 2 saturated heterocycles. The van der Waals surface area contributed by atoms with E-state index in [9.17, 15) is 9.59 Å². The van der Waals surface area contributed by atoms with E-state index >= 15 is 0 Å². The summed E-state index contributed by atoms with van der Waals surface area (Å²) >= 11 is 5.08. The summed E-state index contributed by atoms with van der Waals surface area (Å²) in [4.78, 5) is 25.9. The summed E-state index contributed by atoms with van der Waals surface area (Å²) in [7, 11) is 1.60. The zero-order valence-electron chi connectivity index (χ0n) is 13.0. The van der Waals surface area contributed by atoms with E-state index in [0.717, 1.165) is 22.2 Å². The highest BCUT2D eigenvalue weighted by Crippen LogP contribution is 2.47. The zero-order valence-corrected chi connectivity index (χ0v) is 15.4. The number of carbonyl (C=O) groups is 2. The fraction of sp³-hybridized carbons (Fsp3) is 0.500. The van der Waals surface area contributed by atoms with Gasteiger partial charge in [-0.15, -0.1) is 11.8 Å². The Kier molecular flexibility index (Phi) is 4.60. The number of rotatable bonds is 4. The van der Waals surface area contributed by atoms with Gasteiger partial charge in [0, 0.05) is 12.2 Å². The molecule has 7 heteroatoms. The van der Waals surface area contributed by atoms with Gasteiger partial charge >= 0.3 is 5.97 Å². The van der Waals surface area contributed by atoms with E-state index in [1.165, 1.54) is 0 Å². The third-order valence-electron chi connectivity index (χ3n) is 4.31. The lowest BCUT2D eigenvalue weighted by atomic mass is 10.2. The second-order valence-electron chi connectivity index (χ2n) is 5.84. The minimum atomic E-state index is -0.471. The number of carbonyl (C=O) groups excluding carboxylic acids is 2. The Morgan fingerprint density at radius 2 is 2.30 bits per heavy atom. The number of benzene rings is 1. The molecule has 2 atom stereocenters. The van der Waals surface area contributed by atoms with Crippen molar-refractivity contribution in [3.63, 3.8) is 0 Å². The Labute approximate surface area is 147 Å². The van der Waals surface area contributed by atoms with Gasteiger partial charge in [0.15, 0.2) is 0 Å². The number of hydrogen-bond acceptors (Lipinski definition) is 5. The maximum atomic E-state index is 12.4. The number of thioether (sulfide) groups is 1. The number of ether oxygens (including phenoxy) is 2. The number of hydrogen-bond donors (Lipinski definition) is 0. The lowest BCUT2D eigenvalue weighted by Crippen LogP contribution is -2.46. The number of esters is 1. The third-order valence-corrected chi connectivity index (χ3v) is 6.44. The van der Waals surface area contributed by atoms with E-state index in [1.54, 1.807) is 23.8 Å². The van der Waals surface area contributed by atoms with Gasteiger partial charge in [-0.25, -0.2) is 4.79 Å². The first-order chi connectivity index (χ1) is 10.9. The molecule has 0 unspecified atom stereocenters. The molecule has 0 N–H and O–H groups in total. The SMILES string of the molecule is COc1ccc(COC(=O)[C@H]2CS[C@@]3(C)CCC(=O)N23)cc1Br. The molecule has 3 rings (SSSR count). The summed E-state index contributed by atoms with van der Waals surface area (Å²) in [5.74, 6) is 1.05. The number of amides is 1. The minimum Gasteiger partial charge on any atom is -0.496 e. The Hall–Kier alpha value is -1.21. The summed E-state index contributed by atoms with van der Waals surface area (Å²) in [6.45, 7) is 2.21. The van der Waals surface area contributed by atoms with E-state index in [4.69, 9.17) is 9.47 Å². The molecule has 5 nitrogen and oxygen atoms in total. The average Bonchev–Trinajstić information content (AvgIpc) is 3.02. The first-order valence-electron chi connectivity index (χ1n) is 7.40. The molecule has 2 aliphatic heterocycles. The molecule has 2 fully saturated rings. The first kappa shape index (κ1) is 16.6. The van der Waals surface area contributed by atoms with Crippen LogP contribution >= 0.6 is 27.7 Å². The van der Waals surface area contributed by atoms with E-state index < -0.39 is 6.04 Å². The molecule has 0 radical (unpaired) electrons. The van der Waals surface area contributed by atoms with Crippen molar-refractivity contribution in [2.45, 2.75) is 37.3 Å². The van der Waals surface area contributed by atoms with Gasteiger partial charge in [-0.1, -0.05) is 6.07 Å². The van der Waals surface area contributed by atoms with Crippen LogP contribution in [0.25, 0.3) is 0 Å². The number of nitrogens with zero attached hydrogens (tertiary/aromatic N) is 1. The second-order valence-corrected chi connectivity index (χ2v) is 8.20. The summed E-state index contributed by atoms with van der Waals surface area (Å²) in [6, 6.07) is 5.06. The zero-order chi connectivity index (χ0) is 16.6. The van der Waals surface area contributed by atoms with Gasteiger partial charge in [0.05, 0.1) is 16.5 Å². The molecule has 0 saturated carbocycles. The molecule has 0 aliphatic carbocycles. The molecule has 23 heavy (non-hydrogen) atoms. The van der Waals surface area contributed by atoms with Crippen molar-refractivity contribution in [2.75, 3.05) is 12.9 Å². The van der Waals surface area contributed by atoms with Crippen LogP contribution in [-0.4, -0.2) is 40.6 Å². The molecule has 2 aliphatic rings. The topological polar surface area (TPSA) is 55.8 Å². The normalized spacial score (nSPS) is 26.3. The Morgan fingerprint density at radius 1 is 1.52 bits per heavy atom. The van der Waals surface area contributed by atoms with Crippen LogP contribution in [0.4, 0.5) is 0 Å². The second kappa shape index (κ2) is 6.36. The van der Waals surface area contributed by atoms with Gasteiger partial charge < -0.3 is 14.4 Å². The first-order valence-corrected chi connectivity index (χ1v) is 9.17. The monoisotopic (exact) mass is 399 g/mol. The molecule has 124 valence electrons. The Morgan fingerprint density at radius 3 is 3.00 bits per heavy atom. The van der Waals surface area contributed by atoms with Crippen LogP contribution in [0.5, 0.6) is 5.75 Å². The predicted octanol–water partition coefficient (Wildman–Crippen LogP) is 2.95. The van der Waals surface area contributed by atoms with Crippen molar-refractivity contribution in [2.24, 2.45) is 0 Å². The largest absolute Gasteiger partial charge is 0.496 e. The van der Waals surface area contributed by atoms with Gasteiger partial charge in [-0.2, -0.15) is 0 Å². The van der Waals surface area contributed by atoms with Gasteiger partial charge in [-0.05, 0) is 47.0 Å². The Balaban J connectivity index is 1.64. The van der Waals surface area contributed by atoms with E-state index in [2.05, 4.69) is 15.9 Å². The third kappa shape index (κ3) is 3.08. The highest BCUT2D eigenvalue weighted by atomic mass is 79.9. The van der Waals surface area contributed by atoms with E-state index in [0.29, 0.717) is 12.2 Å². The predicted molar refractivity (Wildman–Crippen MR) is 91.2 cm³/mol. The molecule has 0 spiro atoms. The summed E-state index contributed by atoms with van der Waals surface area (Å²) in [5, 5.41) is 0. The molecule has 2 heterocycles. The van der Waals surface area contributed by atoms with Crippen molar-refractivity contribution in [1.82, 2.24) is 4.90 Å². The molecule has 1 amide bonds. The van der Waals surface area contributed by atoms with Crippen molar-refractivity contribution in [1.29, 1.82) is 0 Å². The number of halogens is 1. The van der Waals surface area contributed by atoms with E-state index in [1.807, 2.05) is 25.1 Å². The van der Waals surface area contributed by atoms with Crippen molar-refractivity contribution >= 4 is 39.6 Å². The molecule has 0 bridgehead atoms. The number of fused-ring (bicyclic) bond motifs is 1. The van der Waals surface area contributed by atoms with Crippen LogP contribution in [0.2, 0.25) is 0 Å². The minimum absolute atomic E-state index is 0.0478. The lowest BCUT2D eigenvalue weighted by Gasteiger charge is -2.29. The smallest absolute Gasteiger partial charge is 0.330 e. The van der Waals surface area contributed by atoms with Crippen LogP contribution in [0.3, 0.4) is 0 Å². The van der Waals surface area contributed by atoms with Crippen LogP contribution < -0.4 is 4.74 Å². The fourth-order valence-corrected chi connectivity index (χ4v) is 5.05. The van der Waals surface area contributed by atoms with Crippen LogP contribution in [0.15, 0.2) is 22.7 Å². The standard InChI is InChI=1S/C16H18BrNO4S/c1-16-6-5-14(19)18(16)12(9-23-16)15(20)22-8-10-3-4-13(21-2)11(17)7-10/h3-4,7,12H,5-6,8-9H2,1-2H3/t12-,16+/m1/s1. The highest BCUT2D eigenvalue weighted by Gasteiger charge is 2.53. The molecular formula is C16H18BrNO4S. The summed E-state index contributed by atoms with van der Waals surface area (Å²) in [5.41, 5.74) is 0.868. The van der Waals surface area contributed by atoms with Gasteiger partial charge in [0.2, 0.25) is 5.91 Å². The molecule has 1 aromatic carbocycles. The van der Waals surface area contributed by atoms with Crippen molar-refractivity contribution < 1.29 is 19.1 Å². The lowest BCUT2D eigenvalue weighted by molar-refractivity contribution is -0.154.